The van der Waals surface area contributed by atoms with Crippen LogP contribution in [0.1, 0.15) is 18.2 Å². The molecule has 100 valence electrons. The Bertz CT molecular complexity index is 626. The minimum atomic E-state index is -0.427. The van der Waals surface area contributed by atoms with Gasteiger partial charge in [-0.3, -0.25) is 10.1 Å². The molecule has 7 nitrogen and oxygen atoms in total. The molecule has 1 heterocycles. The minimum Gasteiger partial charge on any atom is -0.381 e. The second-order valence-corrected chi connectivity index (χ2v) is 4.73. The summed E-state index contributed by atoms with van der Waals surface area (Å²) < 4.78 is 2.11. The molecule has 8 heteroatoms. The number of aromatic nitrogens is 3. The normalized spacial score (nSPS) is 10.6. The van der Waals surface area contributed by atoms with E-state index in [1.807, 2.05) is 6.92 Å². The monoisotopic (exact) mass is 325 g/mol. The summed E-state index contributed by atoms with van der Waals surface area (Å²) in [5, 5.41) is 18.6. The number of anilines is 1. The van der Waals surface area contributed by atoms with Gasteiger partial charge in [0.2, 0.25) is 0 Å². The molecule has 19 heavy (non-hydrogen) atoms. The van der Waals surface area contributed by atoms with Crippen molar-refractivity contribution in [3.8, 4) is 0 Å². The summed E-state index contributed by atoms with van der Waals surface area (Å²) in [5.74, 6) is 0.393. The summed E-state index contributed by atoms with van der Waals surface area (Å²) >= 11 is 3.26. The molecule has 2 aromatic rings. The molecule has 0 aliphatic heterocycles. The highest BCUT2D eigenvalue weighted by Gasteiger charge is 2.16. The number of benzene rings is 1. The Balaban J connectivity index is 2.38. The molecule has 0 aliphatic carbocycles. The SMILES string of the molecule is CCc1c(N)nnn1Cc1cccc([N+](=O)[O-])c1Br. The fraction of sp³-hybridized carbons (Fsp3) is 0.273. The summed E-state index contributed by atoms with van der Waals surface area (Å²) in [4.78, 5) is 10.4. The predicted molar refractivity (Wildman–Crippen MR) is 73.7 cm³/mol. The Morgan fingerprint density at radius 3 is 2.89 bits per heavy atom. The van der Waals surface area contributed by atoms with Crippen LogP contribution in [0, 0.1) is 10.1 Å². The van der Waals surface area contributed by atoms with Gasteiger partial charge in [-0.2, -0.15) is 0 Å². The lowest BCUT2D eigenvalue weighted by Gasteiger charge is -2.07. The van der Waals surface area contributed by atoms with Crippen molar-refractivity contribution in [2.24, 2.45) is 0 Å². The topological polar surface area (TPSA) is 99.9 Å². The van der Waals surface area contributed by atoms with Gasteiger partial charge in [0.15, 0.2) is 5.82 Å². The molecule has 0 saturated heterocycles. The molecule has 0 radical (unpaired) electrons. The minimum absolute atomic E-state index is 0.0311. The molecular formula is C11H12BrN5O2. The van der Waals surface area contributed by atoms with Crippen molar-refractivity contribution in [3.05, 3.63) is 44.0 Å². The quantitative estimate of drug-likeness (QED) is 0.685. The van der Waals surface area contributed by atoms with Gasteiger partial charge < -0.3 is 5.73 Å². The molecule has 0 bridgehead atoms. The summed E-state index contributed by atoms with van der Waals surface area (Å²) in [6.45, 7) is 2.34. The van der Waals surface area contributed by atoms with Crippen molar-refractivity contribution in [2.75, 3.05) is 5.73 Å². The van der Waals surface area contributed by atoms with Crippen LogP contribution in [-0.4, -0.2) is 19.9 Å². The van der Waals surface area contributed by atoms with Gasteiger partial charge in [0.25, 0.3) is 5.69 Å². The van der Waals surface area contributed by atoms with Crippen molar-refractivity contribution in [1.29, 1.82) is 0 Å². The number of hydrogen-bond acceptors (Lipinski definition) is 5. The molecule has 0 unspecified atom stereocenters. The number of nitrogens with two attached hydrogens (primary N) is 1. The van der Waals surface area contributed by atoms with Crippen LogP contribution in [0.4, 0.5) is 11.5 Å². The van der Waals surface area contributed by atoms with Gasteiger partial charge in [-0.15, -0.1) is 5.10 Å². The van der Waals surface area contributed by atoms with Gasteiger partial charge in [-0.05, 0) is 27.9 Å². The first-order valence-corrected chi connectivity index (χ1v) is 6.43. The van der Waals surface area contributed by atoms with Gasteiger partial charge in [0, 0.05) is 6.07 Å². The molecule has 1 aromatic carbocycles. The first-order chi connectivity index (χ1) is 9.04. The van der Waals surface area contributed by atoms with Crippen molar-refractivity contribution >= 4 is 27.4 Å². The van der Waals surface area contributed by atoms with E-state index < -0.39 is 4.92 Å². The highest BCUT2D eigenvalue weighted by molar-refractivity contribution is 9.10. The first-order valence-electron chi connectivity index (χ1n) is 5.64. The zero-order valence-electron chi connectivity index (χ0n) is 10.2. The largest absolute Gasteiger partial charge is 0.381 e. The highest BCUT2D eigenvalue weighted by atomic mass is 79.9. The Morgan fingerprint density at radius 1 is 1.53 bits per heavy atom. The molecule has 2 N–H and O–H groups in total. The number of hydrogen-bond donors (Lipinski definition) is 1. The van der Waals surface area contributed by atoms with E-state index in [1.54, 1.807) is 16.8 Å². The molecule has 0 fully saturated rings. The third-order valence-corrected chi connectivity index (χ3v) is 3.69. The lowest BCUT2D eigenvalue weighted by atomic mass is 10.2. The van der Waals surface area contributed by atoms with Crippen molar-refractivity contribution in [2.45, 2.75) is 19.9 Å². The van der Waals surface area contributed by atoms with Gasteiger partial charge in [0.1, 0.15) is 4.47 Å². The summed E-state index contributed by atoms with van der Waals surface area (Å²) in [6.07, 6.45) is 0.700. The third-order valence-electron chi connectivity index (χ3n) is 2.78. The molecule has 0 atom stereocenters. The lowest BCUT2D eigenvalue weighted by Crippen LogP contribution is -2.07. The molecule has 0 amide bonds. The van der Waals surface area contributed by atoms with Crippen LogP contribution in [0.5, 0.6) is 0 Å². The maximum absolute atomic E-state index is 10.9. The number of nitrogens with zero attached hydrogens (tertiary/aromatic N) is 4. The molecular weight excluding hydrogens is 314 g/mol. The number of rotatable bonds is 4. The molecule has 0 spiro atoms. The van der Waals surface area contributed by atoms with E-state index in [0.29, 0.717) is 23.3 Å². The van der Waals surface area contributed by atoms with Crippen LogP contribution >= 0.6 is 15.9 Å². The number of nitrogen functional groups attached to an aromatic ring is 1. The molecule has 1 aromatic heterocycles. The summed E-state index contributed by atoms with van der Waals surface area (Å²) in [6, 6.07) is 4.89. The second kappa shape index (κ2) is 5.35. The fourth-order valence-electron chi connectivity index (χ4n) is 1.83. The van der Waals surface area contributed by atoms with Crippen molar-refractivity contribution in [3.63, 3.8) is 0 Å². The summed E-state index contributed by atoms with van der Waals surface area (Å²) in [7, 11) is 0. The average Bonchev–Trinajstić information content (AvgIpc) is 2.72. The van der Waals surface area contributed by atoms with Crippen LogP contribution in [0.15, 0.2) is 22.7 Å². The Kier molecular flexibility index (Phi) is 3.79. The zero-order chi connectivity index (χ0) is 14.0. The molecule has 0 aliphatic rings. The van der Waals surface area contributed by atoms with E-state index in [0.717, 1.165) is 11.3 Å². The lowest BCUT2D eigenvalue weighted by molar-refractivity contribution is -0.385. The van der Waals surface area contributed by atoms with Crippen LogP contribution < -0.4 is 5.73 Å². The molecule has 2 rings (SSSR count). The number of nitro groups is 1. The van der Waals surface area contributed by atoms with E-state index in [2.05, 4.69) is 26.2 Å². The van der Waals surface area contributed by atoms with Crippen LogP contribution in [0.3, 0.4) is 0 Å². The van der Waals surface area contributed by atoms with Crippen LogP contribution in [0.25, 0.3) is 0 Å². The van der Waals surface area contributed by atoms with E-state index in [4.69, 9.17) is 5.73 Å². The van der Waals surface area contributed by atoms with Gasteiger partial charge in [-0.25, -0.2) is 4.68 Å². The zero-order valence-corrected chi connectivity index (χ0v) is 11.8. The Labute approximate surface area is 117 Å². The average molecular weight is 326 g/mol. The van der Waals surface area contributed by atoms with E-state index in [9.17, 15) is 10.1 Å². The predicted octanol–water partition coefficient (Wildman–Crippen LogP) is 2.14. The van der Waals surface area contributed by atoms with Gasteiger partial charge in [-0.1, -0.05) is 24.3 Å². The van der Waals surface area contributed by atoms with Gasteiger partial charge in [0.05, 0.1) is 17.2 Å². The van der Waals surface area contributed by atoms with Crippen molar-refractivity contribution < 1.29 is 4.92 Å². The van der Waals surface area contributed by atoms with E-state index >= 15 is 0 Å². The van der Waals surface area contributed by atoms with E-state index in [1.165, 1.54) is 6.07 Å². The van der Waals surface area contributed by atoms with Crippen LogP contribution in [-0.2, 0) is 13.0 Å². The maximum atomic E-state index is 10.9. The highest BCUT2D eigenvalue weighted by Crippen LogP contribution is 2.29. The summed E-state index contributed by atoms with van der Waals surface area (Å²) in [5.41, 5.74) is 7.31. The molecule has 0 saturated carbocycles. The van der Waals surface area contributed by atoms with Gasteiger partial charge >= 0.3 is 0 Å². The standard InChI is InChI=1S/C11H12BrN5O2/c1-2-8-11(13)14-15-16(8)6-7-4-3-5-9(10(7)12)17(18)19/h3-5H,2,6,13H2,1H3. The smallest absolute Gasteiger partial charge is 0.283 e. The number of nitro benzene ring substituents is 1. The first kappa shape index (κ1) is 13.5. The van der Waals surface area contributed by atoms with Crippen molar-refractivity contribution in [1.82, 2.24) is 15.0 Å². The Hall–Kier alpha value is -1.96. The third kappa shape index (κ3) is 2.58. The van der Waals surface area contributed by atoms with Crippen LogP contribution in [0.2, 0.25) is 0 Å². The maximum Gasteiger partial charge on any atom is 0.283 e. The fourth-order valence-corrected chi connectivity index (χ4v) is 2.36. The number of halogens is 1. The van der Waals surface area contributed by atoms with E-state index in [-0.39, 0.29) is 5.69 Å². The second-order valence-electron chi connectivity index (χ2n) is 3.94. The Morgan fingerprint density at radius 2 is 2.26 bits per heavy atom.